The topological polar surface area (TPSA) is 69.3 Å². The third-order valence-corrected chi connectivity index (χ3v) is 4.90. The van der Waals surface area contributed by atoms with Gasteiger partial charge in [0.1, 0.15) is 5.69 Å². The van der Waals surface area contributed by atoms with Crippen LogP contribution in [-0.4, -0.2) is 57.5 Å². The van der Waals surface area contributed by atoms with Crippen LogP contribution in [-0.2, 0) is 11.2 Å². The van der Waals surface area contributed by atoms with E-state index >= 15 is 0 Å². The van der Waals surface area contributed by atoms with Gasteiger partial charge in [-0.15, -0.1) is 0 Å². The van der Waals surface area contributed by atoms with Gasteiger partial charge in [0.2, 0.25) is 5.91 Å². The monoisotopic (exact) mass is 318 g/mol. The van der Waals surface area contributed by atoms with Crippen LogP contribution in [0.25, 0.3) is 0 Å². The normalized spacial score (nSPS) is 24.2. The van der Waals surface area contributed by atoms with E-state index in [0.717, 1.165) is 38.0 Å². The van der Waals surface area contributed by atoms with Gasteiger partial charge < -0.3 is 9.80 Å². The number of piperidine rings is 1. The fourth-order valence-electron chi connectivity index (χ4n) is 3.75. The minimum absolute atomic E-state index is 0.00337. The third kappa shape index (κ3) is 3.41. The van der Waals surface area contributed by atoms with E-state index in [1.807, 2.05) is 15.9 Å². The molecular weight excluding hydrogens is 292 g/mol. The van der Waals surface area contributed by atoms with Crippen molar-refractivity contribution in [1.82, 2.24) is 20.0 Å². The molecule has 6 nitrogen and oxygen atoms in total. The van der Waals surface area contributed by atoms with E-state index in [-0.39, 0.29) is 17.9 Å². The van der Waals surface area contributed by atoms with E-state index < -0.39 is 0 Å². The zero-order valence-electron chi connectivity index (χ0n) is 14.2. The summed E-state index contributed by atoms with van der Waals surface area (Å²) in [5, 5.41) is 7.20. The van der Waals surface area contributed by atoms with Crippen LogP contribution in [0.1, 0.15) is 49.8 Å². The van der Waals surface area contributed by atoms with Crippen molar-refractivity contribution in [2.24, 2.45) is 11.8 Å². The van der Waals surface area contributed by atoms with E-state index in [2.05, 4.69) is 24.0 Å². The van der Waals surface area contributed by atoms with Crippen LogP contribution in [0.4, 0.5) is 0 Å². The average Bonchev–Trinajstić information content (AvgIpc) is 2.75. The zero-order valence-corrected chi connectivity index (χ0v) is 14.2. The lowest BCUT2D eigenvalue weighted by Gasteiger charge is -2.35. The van der Waals surface area contributed by atoms with Gasteiger partial charge >= 0.3 is 0 Å². The number of amides is 2. The summed E-state index contributed by atoms with van der Waals surface area (Å²) in [6.45, 7) is 8.07. The second-order valence-electron chi connectivity index (χ2n) is 7.36. The van der Waals surface area contributed by atoms with Crippen molar-refractivity contribution < 1.29 is 9.59 Å². The number of carbonyl (C=O) groups is 2. The standard InChI is InChI=1S/C17H26N4O2/c1-11(2)6-14-7-16(19-18-14)17(23)21-9-13-4-5-15(21)10-20(8-13)12(3)22/h7,11,13,15H,4-6,8-10H2,1-3H3,(H,18,19)/t13-,15+/m0/s1. The summed E-state index contributed by atoms with van der Waals surface area (Å²) in [6, 6.07) is 2.00. The van der Waals surface area contributed by atoms with Crippen molar-refractivity contribution in [3.63, 3.8) is 0 Å². The van der Waals surface area contributed by atoms with E-state index in [9.17, 15) is 9.59 Å². The maximum absolute atomic E-state index is 12.9. The summed E-state index contributed by atoms with van der Waals surface area (Å²) < 4.78 is 0. The Kier molecular flexibility index (Phi) is 4.41. The molecule has 3 saturated heterocycles. The van der Waals surface area contributed by atoms with E-state index in [4.69, 9.17) is 0 Å². The number of hydrogen-bond acceptors (Lipinski definition) is 3. The van der Waals surface area contributed by atoms with Crippen LogP contribution in [0.3, 0.4) is 0 Å². The molecule has 4 heterocycles. The van der Waals surface area contributed by atoms with Crippen LogP contribution in [0.5, 0.6) is 0 Å². The smallest absolute Gasteiger partial charge is 0.274 e. The van der Waals surface area contributed by atoms with Crippen LogP contribution in [0, 0.1) is 11.8 Å². The molecule has 0 aliphatic carbocycles. The van der Waals surface area contributed by atoms with Gasteiger partial charge in [-0.2, -0.15) is 5.10 Å². The molecular formula is C17H26N4O2. The predicted molar refractivity (Wildman–Crippen MR) is 86.9 cm³/mol. The Morgan fingerprint density at radius 1 is 1.30 bits per heavy atom. The summed E-state index contributed by atoms with van der Waals surface area (Å²) in [5.74, 6) is 1.01. The van der Waals surface area contributed by atoms with Gasteiger partial charge in [-0.25, -0.2) is 0 Å². The molecule has 2 atom stereocenters. The number of nitrogens with one attached hydrogen (secondary N) is 1. The van der Waals surface area contributed by atoms with Crippen molar-refractivity contribution in [3.05, 3.63) is 17.5 Å². The maximum Gasteiger partial charge on any atom is 0.274 e. The Hall–Kier alpha value is -1.85. The SMILES string of the molecule is CC(=O)N1C[C@@H]2CC[C@H](C1)N(C(=O)c1cc(CC(C)C)[nH]n1)C2. The van der Waals surface area contributed by atoms with Gasteiger partial charge in [0, 0.05) is 38.3 Å². The molecule has 3 fully saturated rings. The molecule has 2 amide bonds. The number of hydrogen-bond donors (Lipinski definition) is 1. The zero-order chi connectivity index (χ0) is 16.6. The van der Waals surface area contributed by atoms with E-state index in [1.54, 1.807) is 6.92 Å². The number of nitrogens with zero attached hydrogens (tertiary/aromatic N) is 3. The summed E-state index contributed by atoms with van der Waals surface area (Å²) in [7, 11) is 0. The van der Waals surface area contributed by atoms with Crippen LogP contribution in [0.15, 0.2) is 6.07 Å². The number of aromatic amines is 1. The molecule has 6 heteroatoms. The third-order valence-electron chi connectivity index (χ3n) is 4.90. The van der Waals surface area contributed by atoms with Crippen molar-refractivity contribution in [3.8, 4) is 0 Å². The van der Waals surface area contributed by atoms with Gasteiger partial charge in [-0.05, 0) is 37.2 Å². The van der Waals surface area contributed by atoms with E-state index in [1.165, 1.54) is 0 Å². The van der Waals surface area contributed by atoms with Crippen molar-refractivity contribution in [1.29, 1.82) is 0 Å². The molecule has 0 spiro atoms. The van der Waals surface area contributed by atoms with Crippen molar-refractivity contribution in [2.75, 3.05) is 19.6 Å². The van der Waals surface area contributed by atoms with Crippen molar-refractivity contribution in [2.45, 2.75) is 46.1 Å². The highest BCUT2D eigenvalue weighted by Crippen LogP contribution is 2.29. The Balaban J connectivity index is 1.75. The van der Waals surface area contributed by atoms with Crippen molar-refractivity contribution >= 4 is 11.8 Å². The molecule has 23 heavy (non-hydrogen) atoms. The second kappa shape index (κ2) is 6.34. The summed E-state index contributed by atoms with van der Waals surface area (Å²) in [4.78, 5) is 28.4. The molecule has 0 unspecified atom stereocenters. The number of aromatic nitrogens is 2. The van der Waals surface area contributed by atoms with Crippen LogP contribution in [0.2, 0.25) is 0 Å². The Labute approximate surface area is 137 Å². The minimum Gasteiger partial charge on any atom is -0.341 e. The highest BCUT2D eigenvalue weighted by Gasteiger charge is 2.38. The molecule has 2 bridgehead atoms. The summed E-state index contributed by atoms with van der Waals surface area (Å²) >= 11 is 0. The van der Waals surface area contributed by atoms with Crippen LogP contribution >= 0.6 is 0 Å². The summed E-state index contributed by atoms with van der Waals surface area (Å²) in [5.41, 5.74) is 1.51. The van der Waals surface area contributed by atoms with Gasteiger partial charge in [0.05, 0.1) is 0 Å². The Bertz CT molecular complexity index is 595. The number of H-pyrrole nitrogens is 1. The van der Waals surface area contributed by atoms with Gasteiger partial charge in [0.15, 0.2) is 0 Å². The number of rotatable bonds is 3. The second-order valence-corrected chi connectivity index (χ2v) is 7.36. The molecule has 0 aromatic carbocycles. The fourth-order valence-corrected chi connectivity index (χ4v) is 3.75. The largest absolute Gasteiger partial charge is 0.341 e. The quantitative estimate of drug-likeness (QED) is 0.922. The lowest BCUT2D eigenvalue weighted by molar-refractivity contribution is -0.129. The highest BCUT2D eigenvalue weighted by atomic mass is 16.2. The lowest BCUT2D eigenvalue weighted by atomic mass is 9.94. The predicted octanol–water partition coefficient (Wildman–Crippen LogP) is 1.69. The first-order valence-electron chi connectivity index (χ1n) is 8.54. The summed E-state index contributed by atoms with van der Waals surface area (Å²) in [6.07, 6.45) is 2.96. The average molecular weight is 318 g/mol. The molecule has 126 valence electrons. The Morgan fingerprint density at radius 2 is 2.09 bits per heavy atom. The lowest BCUT2D eigenvalue weighted by Crippen LogP contribution is -2.47. The molecule has 0 radical (unpaired) electrons. The molecule has 1 aromatic rings. The fraction of sp³-hybridized carbons (Fsp3) is 0.706. The first-order chi connectivity index (χ1) is 10.9. The highest BCUT2D eigenvalue weighted by molar-refractivity contribution is 5.92. The maximum atomic E-state index is 12.9. The number of carbonyl (C=O) groups excluding carboxylic acids is 2. The molecule has 4 rings (SSSR count). The molecule has 1 N–H and O–H groups in total. The molecule has 3 aliphatic heterocycles. The van der Waals surface area contributed by atoms with Gasteiger partial charge in [-0.3, -0.25) is 14.7 Å². The van der Waals surface area contributed by atoms with E-state index in [0.29, 0.717) is 24.1 Å². The van der Waals surface area contributed by atoms with Gasteiger partial charge in [-0.1, -0.05) is 13.8 Å². The molecule has 1 aromatic heterocycles. The Morgan fingerprint density at radius 3 is 2.78 bits per heavy atom. The molecule has 3 aliphatic rings. The minimum atomic E-state index is -0.00337. The first kappa shape index (κ1) is 16.0. The van der Waals surface area contributed by atoms with Gasteiger partial charge in [0.25, 0.3) is 5.91 Å². The first-order valence-corrected chi connectivity index (χ1v) is 8.54. The molecule has 0 saturated carbocycles. The number of fused-ring (bicyclic) bond motifs is 4. The van der Waals surface area contributed by atoms with Crippen LogP contribution < -0.4 is 0 Å².